The third-order valence-electron chi connectivity index (χ3n) is 3.34. The lowest BCUT2D eigenvalue weighted by Gasteiger charge is -2.23. The second kappa shape index (κ2) is 5.13. The monoisotopic (exact) mass is 289 g/mol. The van der Waals surface area contributed by atoms with Crippen LogP contribution in [-0.2, 0) is 6.54 Å². The number of hydrogen-bond donors (Lipinski definition) is 2. The molecule has 2 aromatic heterocycles. The number of nitrogens with two attached hydrogens (primary N) is 1. The Bertz CT molecular complexity index is 623. The van der Waals surface area contributed by atoms with Crippen molar-refractivity contribution in [2.45, 2.75) is 25.4 Å². The minimum atomic E-state index is -1.02. The number of nitrogens with zero attached hydrogens (tertiary/aromatic N) is 2. The molecular weight excluding hydrogens is 274 g/mol. The van der Waals surface area contributed by atoms with Crippen LogP contribution in [0.25, 0.3) is 0 Å². The van der Waals surface area contributed by atoms with Crippen molar-refractivity contribution in [2.75, 3.05) is 10.6 Å². The molecule has 0 saturated heterocycles. The standard InChI is InChI=1S/C14H15N3O2S/c15-12-7-16-13(6-11(12)14(18)19)17(9-3-4-9)8-10-2-1-5-20-10/h1-2,5-7,9H,3-4,8,15H2,(H,18,19). The molecule has 3 N–H and O–H groups in total. The number of carboxylic acids is 1. The quantitative estimate of drug-likeness (QED) is 0.884. The van der Waals surface area contributed by atoms with Crippen molar-refractivity contribution in [3.8, 4) is 0 Å². The van der Waals surface area contributed by atoms with E-state index in [0.29, 0.717) is 11.9 Å². The highest BCUT2D eigenvalue weighted by Gasteiger charge is 2.30. The second-order valence-electron chi connectivity index (χ2n) is 4.87. The van der Waals surface area contributed by atoms with Crippen LogP contribution >= 0.6 is 11.3 Å². The number of hydrogen-bond acceptors (Lipinski definition) is 5. The zero-order valence-electron chi connectivity index (χ0n) is 10.8. The molecule has 2 aromatic rings. The van der Waals surface area contributed by atoms with E-state index in [4.69, 9.17) is 10.8 Å². The highest BCUT2D eigenvalue weighted by Crippen LogP contribution is 2.33. The highest BCUT2D eigenvalue weighted by atomic mass is 32.1. The summed E-state index contributed by atoms with van der Waals surface area (Å²) in [5.74, 6) is -0.328. The summed E-state index contributed by atoms with van der Waals surface area (Å²) >= 11 is 1.69. The van der Waals surface area contributed by atoms with E-state index in [2.05, 4.69) is 16.0 Å². The molecule has 0 atom stereocenters. The summed E-state index contributed by atoms with van der Waals surface area (Å²) in [6.45, 7) is 0.762. The molecule has 6 heteroatoms. The van der Waals surface area contributed by atoms with Gasteiger partial charge in [0.05, 0.1) is 24.0 Å². The van der Waals surface area contributed by atoms with Crippen LogP contribution in [0.4, 0.5) is 11.5 Å². The SMILES string of the molecule is Nc1cnc(N(Cc2cccs2)C2CC2)cc1C(=O)O. The van der Waals surface area contributed by atoms with Gasteiger partial charge >= 0.3 is 5.97 Å². The molecule has 0 aromatic carbocycles. The molecular formula is C14H15N3O2S. The molecule has 1 fully saturated rings. The highest BCUT2D eigenvalue weighted by molar-refractivity contribution is 7.09. The Morgan fingerprint density at radius 1 is 1.55 bits per heavy atom. The first kappa shape index (κ1) is 12.9. The van der Waals surface area contributed by atoms with E-state index < -0.39 is 5.97 Å². The molecule has 0 amide bonds. The average molecular weight is 289 g/mol. The number of aromatic nitrogens is 1. The van der Waals surface area contributed by atoms with Crippen molar-refractivity contribution in [3.05, 3.63) is 40.2 Å². The maximum Gasteiger partial charge on any atom is 0.337 e. The number of nitrogen functional groups attached to an aromatic ring is 1. The molecule has 1 saturated carbocycles. The Labute approximate surface area is 120 Å². The van der Waals surface area contributed by atoms with E-state index in [1.807, 2.05) is 11.4 Å². The van der Waals surface area contributed by atoms with Gasteiger partial charge in [-0.25, -0.2) is 9.78 Å². The van der Waals surface area contributed by atoms with Gasteiger partial charge in [-0.15, -0.1) is 11.3 Å². The molecule has 104 valence electrons. The zero-order valence-corrected chi connectivity index (χ0v) is 11.6. The van der Waals surface area contributed by atoms with E-state index in [1.165, 1.54) is 11.1 Å². The lowest BCUT2D eigenvalue weighted by atomic mass is 10.2. The molecule has 0 aliphatic heterocycles. The maximum atomic E-state index is 11.2. The summed E-state index contributed by atoms with van der Waals surface area (Å²) in [6, 6.07) is 6.12. The largest absolute Gasteiger partial charge is 0.478 e. The van der Waals surface area contributed by atoms with Crippen LogP contribution in [-0.4, -0.2) is 22.1 Å². The van der Waals surface area contributed by atoms with Crippen molar-refractivity contribution >= 4 is 28.8 Å². The normalized spacial score (nSPS) is 14.2. The fourth-order valence-corrected chi connectivity index (χ4v) is 2.85. The van der Waals surface area contributed by atoms with Gasteiger partial charge in [0.2, 0.25) is 0 Å². The van der Waals surface area contributed by atoms with Crippen LogP contribution in [0, 0.1) is 0 Å². The summed E-state index contributed by atoms with van der Waals surface area (Å²) < 4.78 is 0. The summed E-state index contributed by atoms with van der Waals surface area (Å²) in [5.41, 5.74) is 5.98. The molecule has 5 nitrogen and oxygen atoms in total. The van der Waals surface area contributed by atoms with Crippen LogP contribution < -0.4 is 10.6 Å². The molecule has 1 aliphatic carbocycles. The molecule has 0 bridgehead atoms. The van der Waals surface area contributed by atoms with Crippen molar-refractivity contribution < 1.29 is 9.90 Å². The minimum absolute atomic E-state index is 0.117. The first-order valence-corrected chi connectivity index (χ1v) is 7.31. The van der Waals surface area contributed by atoms with Gasteiger partial charge in [0.25, 0.3) is 0 Å². The Kier molecular flexibility index (Phi) is 3.31. The smallest absolute Gasteiger partial charge is 0.337 e. The average Bonchev–Trinajstić information content (AvgIpc) is 3.14. The number of aromatic carboxylic acids is 1. The third kappa shape index (κ3) is 2.60. The van der Waals surface area contributed by atoms with E-state index in [0.717, 1.165) is 19.4 Å². The van der Waals surface area contributed by atoms with E-state index >= 15 is 0 Å². The Hall–Kier alpha value is -2.08. The number of pyridine rings is 1. The predicted molar refractivity (Wildman–Crippen MR) is 79.1 cm³/mol. The first-order chi connectivity index (χ1) is 9.65. The third-order valence-corrected chi connectivity index (χ3v) is 4.20. The summed E-state index contributed by atoms with van der Waals surface area (Å²) in [6.07, 6.45) is 3.68. The minimum Gasteiger partial charge on any atom is -0.478 e. The lowest BCUT2D eigenvalue weighted by Crippen LogP contribution is -2.26. The van der Waals surface area contributed by atoms with E-state index in [1.54, 1.807) is 17.4 Å². The van der Waals surface area contributed by atoms with Gasteiger partial charge in [-0.3, -0.25) is 0 Å². The molecule has 20 heavy (non-hydrogen) atoms. The van der Waals surface area contributed by atoms with Crippen molar-refractivity contribution in [1.82, 2.24) is 4.98 Å². The van der Waals surface area contributed by atoms with E-state index in [9.17, 15) is 4.79 Å². The van der Waals surface area contributed by atoms with Crippen LogP contribution in [0.3, 0.4) is 0 Å². The Morgan fingerprint density at radius 2 is 2.35 bits per heavy atom. The Balaban J connectivity index is 1.91. The van der Waals surface area contributed by atoms with Gasteiger partial charge in [0, 0.05) is 10.9 Å². The number of anilines is 2. The maximum absolute atomic E-state index is 11.2. The zero-order chi connectivity index (χ0) is 14.1. The van der Waals surface area contributed by atoms with Crippen molar-refractivity contribution in [1.29, 1.82) is 0 Å². The first-order valence-electron chi connectivity index (χ1n) is 6.43. The molecule has 0 radical (unpaired) electrons. The van der Waals surface area contributed by atoms with Crippen molar-refractivity contribution in [3.63, 3.8) is 0 Å². The Morgan fingerprint density at radius 3 is 2.95 bits per heavy atom. The summed E-state index contributed by atoms with van der Waals surface area (Å²) in [7, 11) is 0. The van der Waals surface area contributed by atoms with E-state index in [-0.39, 0.29) is 11.3 Å². The molecule has 2 heterocycles. The van der Waals surface area contributed by atoms with Crippen LogP contribution in [0.5, 0.6) is 0 Å². The number of carboxylic acid groups (broad SMARTS) is 1. The fourth-order valence-electron chi connectivity index (χ4n) is 2.15. The molecule has 1 aliphatic rings. The molecule has 0 unspecified atom stereocenters. The predicted octanol–water partition coefficient (Wildman–Crippen LogP) is 2.59. The fraction of sp³-hybridized carbons (Fsp3) is 0.286. The second-order valence-corrected chi connectivity index (χ2v) is 5.91. The number of carbonyl (C=O) groups is 1. The lowest BCUT2D eigenvalue weighted by molar-refractivity contribution is 0.0698. The van der Waals surface area contributed by atoms with Gasteiger partial charge in [-0.2, -0.15) is 0 Å². The van der Waals surface area contributed by atoms with Crippen molar-refractivity contribution in [2.24, 2.45) is 0 Å². The van der Waals surface area contributed by atoms with Crippen LogP contribution in [0.15, 0.2) is 29.8 Å². The van der Waals surface area contributed by atoms with Gasteiger partial charge < -0.3 is 15.7 Å². The molecule has 3 rings (SSSR count). The number of rotatable bonds is 5. The van der Waals surface area contributed by atoms with Crippen LogP contribution in [0.1, 0.15) is 28.1 Å². The van der Waals surface area contributed by atoms with Gasteiger partial charge in [0.15, 0.2) is 0 Å². The number of thiophene rings is 1. The van der Waals surface area contributed by atoms with Gasteiger partial charge in [-0.05, 0) is 30.4 Å². The summed E-state index contributed by atoms with van der Waals surface area (Å²) in [4.78, 5) is 18.9. The topological polar surface area (TPSA) is 79.5 Å². The molecule has 0 spiro atoms. The van der Waals surface area contributed by atoms with Gasteiger partial charge in [-0.1, -0.05) is 6.07 Å². The summed E-state index contributed by atoms with van der Waals surface area (Å²) in [5, 5.41) is 11.2. The van der Waals surface area contributed by atoms with Gasteiger partial charge in [0.1, 0.15) is 5.82 Å². The van der Waals surface area contributed by atoms with Crippen LogP contribution in [0.2, 0.25) is 0 Å².